The van der Waals surface area contributed by atoms with E-state index >= 15 is 0 Å². The van der Waals surface area contributed by atoms with Crippen LogP contribution in [0.5, 0.6) is 5.75 Å². The van der Waals surface area contributed by atoms with Crippen molar-refractivity contribution in [1.29, 1.82) is 5.26 Å². The number of phenolic OH excluding ortho intramolecular Hbond substituents is 1. The highest BCUT2D eigenvalue weighted by molar-refractivity contribution is 6.31. The third-order valence-electron chi connectivity index (χ3n) is 3.13. The maximum absolute atomic E-state index is 11.5. The number of phenols is 1. The Hall–Kier alpha value is -1.57. The molecule has 1 N–H and O–H groups in total. The monoisotopic (exact) mass is 294 g/mol. The highest BCUT2D eigenvalue weighted by Crippen LogP contribution is 2.28. The number of Topliss-reactive ketones (excluding diaryl/α,β-unsaturated/α-hetero) is 1. The molecule has 0 fully saturated rings. The number of nitriles is 1. The van der Waals surface area contributed by atoms with Crippen molar-refractivity contribution < 1.29 is 9.90 Å². The summed E-state index contributed by atoms with van der Waals surface area (Å²) in [4.78, 5) is 13.5. The van der Waals surface area contributed by atoms with Gasteiger partial charge in [0.1, 0.15) is 5.75 Å². The van der Waals surface area contributed by atoms with Gasteiger partial charge in [-0.1, -0.05) is 18.5 Å². The van der Waals surface area contributed by atoms with Crippen LogP contribution in [-0.4, -0.2) is 28.9 Å². The fourth-order valence-electron chi connectivity index (χ4n) is 2.02. The van der Waals surface area contributed by atoms with Crippen molar-refractivity contribution in [1.82, 2.24) is 4.90 Å². The van der Waals surface area contributed by atoms with Gasteiger partial charge in [-0.3, -0.25) is 9.69 Å². The maximum atomic E-state index is 11.5. The molecule has 1 aromatic rings. The van der Waals surface area contributed by atoms with Crippen LogP contribution in [0.25, 0.3) is 0 Å². The minimum atomic E-state index is -0.223. The lowest BCUT2D eigenvalue weighted by Crippen LogP contribution is -2.27. The van der Waals surface area contributed by atoms with Gasteiger partial charge in [0, 0.05) is 23.7 Å². The fraction of sp³-hybridized carbons (Fsp3) is 0.467. The summed E-state index contributed by atoms with van der Waals surface area (Å²) in [6, 6.07) is 5.31. The number of hydrogen-bond acceptors (Lipinski definition) is 4. The van der Waals surface area contributed by atoms with Gasteiger partial charge in [-0.05, 0) is 32.5 Å². The number of halogens is 1. The first kappa shape index (κ1) is 16.5. The molecule has 1 aromatic carbocycles. The largest absolute Gasteiger partial charge is 0.507 e. The summed E-state index contributed by atoms with van der Waals surface area (Å²) >= 11 is 5.99. The molecule has 1 unspecified atom stereocenters. The van der Waals surface area contributed by atoms with E-state index in [0.29, 0.717) is 23.7 Å². The molecule has 0 spiro atoms. The van der Waals surface area contributed by atoms with Gasteiger partial charge in [0.2, 0.25) is 0 Å². The molecule has 5 heteroatoms. The van der Waals surface area contributed by atoms with E-state index in [1.54, 1.807) is 6.07 Å². The number of carbonyl (C=O) groups excluding carboxylic acids is 1. The van der Waals surface area contributed by atoms with Crippen LogP contribution in [0.1, 0.15) is 36.7 Å². The zero-order chi connectivity index (χ0) is 15.3. The Morgan fingerprint density at radius 3 is 2.70 bits per heavy atom. The van der Waals surface area contributed by atoms with Crippen LogP contribution < -0.4 is 0 Å². The molecular weight excluding hydrogens is 276 g/mol. The Kier molecular flexibility index (Phi) is 6.00. The van der Waals surface area contributed by atoms with Gasteiger partial charge < -0.3 is 5.11 Å². The summed E-state index contributed by atoms with van der Waals surface area (Å²) in [5, 5.41) is 19.4. The standard InChI is InChI=1S/C15H19ClN2O2/c1-4-18(8-10(2)7-17)9-12-5-13(16)6-14(11(3)19)15(12)20/h5-6,10,20H,4,8-9H2,1-3H3. The molecule has 0 heterocycles. The lowest BCUT2D eigenvalue weighted by atomic mass is 10.0. The molecule has 0 aliphatic carbocycles. The fourth-order valence-corrected chi connectivity index (χ4v) is 2.26. The van der Waals surface area contributed by atoms with Crippen LogP contribution in [0.2, 0.25) is 5.02 Å². The lowest BCUT2D eigenvalue weighted by Gasteiger charge is -2.22. The first-order chi connectivity index (χ1) is 9.38. The number of rotatable bonds is 6. The van der Waals surface area contributed by atoms with Crippen LogP contribution in [0.4, 0.5) is 0 Å². The minimum absolute atomic E-state index is 0.0232. The number of aromatic hydroxyl groups is 1. The SMILES string of the molecule is CCN(Cc1cc(Cl)cc(C(C)=O)c1O)CC(C)C#N. The van der Waals surface area contributed by atoms with Gasteiger partial charge in [-0.25, -0.2) is 0 Å². The van der Waals surface area contributed by atoms with Crippen LogP contribution in [0.3, 0.4) is 0 Å². The zero-order valence-corrected chi connectivity index (χ0v) is 12.7. The normalized spacial score (nSPS) is 12.2. The molecule has 1 rings (SSSR count). The molecule has 0 aliphatic heterocycles. The number of carbonyl (C=O) groups is 1. The van der Waals surface area contributed by atoms with E-state index in [4.69, 9.17) is 16.9 Å². The maximum Gasteiger partial charge on any atom is 0.163 e. The summed E-state index contributed by atoms with van der Waals surface area (Å²) in [6.45, 7) is 7.03. The second-order valence-electron chi connectivity index (χ2n) is 4.88. The average molecular weight is 295 g/mol. The van der Waals surface area contributed by atoms with Gasteiger partial charge in [0.15, 0.2) is 5.78 Å². The first-order valence-corrected chi connectivity index (χ1v) is 6.91. The summed E-state index contributed by atoms with van der Waals surface area (Å²) in [7, 11) is 0. The summed E-state index contributed by atoms with van der Waals surface area (Å²) in [6.07, 6.45) is 0. The van der Waals surface area contributed by atoms with E-state index in [0.717, 1.165) is 6.54 Å². The highest BCUT2D eigenvalue weighted by Gasteiger charge is 2.16. The van der Waals surface area contributed by atoms with E-state index in [2.05, 4.69) is 6.07 Å². The van der Waals surface area contributed by atoms with E-state index in [-0.39, 0.29) is 23.0 Å². The summed E-state index contributed by atoms with van der Waals surface area (Å²) < 4.78 is 0. The Morgan fingerprint density at radius 2 is 2.20 bits per heavy atom. The Balaban J connectivity index is 3.02. The minimum Gasteiger partial charge on any atom is -0.507 e. The van der Waals surface area contributed by atoms with Gasteiger partial charge >= 0.3 is 0 Å². The number of benzene rings is 1. The molecule has 0 aromatic heterocycles. The third-order valence-corrected chi connectivity index (χ3v) is 3.34. The Bertz CT molecular complexity index is 537. The quantitative estimate of drug-likeness (QED) is 0.818. The van der Waals surface area contributed by atoms with Crippen molar-refractivity contribution in [3.8, 4) is 11.8 Å². The van der Waals surface area contributed by atoms with Crippen LogP contribution in [0, 0.1) is 17.2 Å². The molecular formula is C15H19ClN2O2. The number of hydrogen-bond donors (Lipinski definition) is 1. The van der Waals surface area contributed by atoms with Gasteiger partial charge in [0.05, 0.1) is 17.6 Å². The molecule has 0 aliphatic rings. The molecule has 1 atom stereocenters. The van der Waals surface area contributed by atoms with Crippen LogP contribution in [-0.2, 0) is 6.54 Å². The number of nitrogens with zero attached hydrogens (tertiary/aromatic N) is 2. The van der Waals surface area contributed by atoms with Crippen molar-refractivity contribution >= 4 is 17.4 Å². The van der Waals surface area contributed by atoms with Gasteiger partial charge in [0.25, 0.3) is 0 Å². The second-order valence-corrected chi connectivity index (χ2v) is 5.31. The highest BCUT2D eigenvalue weighted by atomic mass is 35.5. The Morgan fingerprint density at radius 1 is 1.55 bits per heavy atom. The van der Waals surface area contributed by atoms with Crippen molar-refractivity contribution in [2.24, 2.45) is 5.92 Å². The molecule has 0 bridgehead atoms. The smallest absolute Gasteiger partial charge is 0.163 e. The molecule has 0 saturated heterocycles. The van der Waals surface area contributed by atoms with Crippen molar-refractivity contribution in [2.75, 3.05) is 13.1 Å². The predicted molar refractivity (Wildman–Crippen MR) is 78.8 cm³/mol. The number of ketones is 1. The van der Waals surface area contributed by atoms with Gasteiger partial charge in [-0.15, -0.1) is 0 Å². The van der Waals surface area contributed by atoms with E-state index < -0.39 is 0 Å². The van der Waals surface area contributed by atoms with Crippen LogP contribution >= 0.6 is 11.6 Å². The van der Waals surface area contributed by atoms with Crippen molar-refractivity contribution in [3.05, 3.63) is 28.3 Å². The van der Waals surface area contributed by atoms with E-state index in [1.807, 2.05) is 18.7 Å². The molecule has 20 heavy (non-hydrogen) atoms. The van der Waals surface area contributed by atoms with Crippen molar-refractivity contribution in [2.45, 2.75) is 27.3 Å². The molecule has 0 amide bonds. The summed E-state index contributed by atoms with van der Waals surface area (Å²) in [5.41, 5.74) is 0.839. The van der Waals surface area contributed by atoms with Crippen molar-refractivity contribution in [3.63, 3.8) is 0 Å². The van der Waals surface area contributed by atoms with Gasteiger partial charge in [-0.2, -0.15) is 5.26 Å². The second kappa shape index (κ2) is 7.28. The Labute approximate surface area is 124 Å². The molecule has 0 radical (unpaired) electrons. The topological polar surface area (TPSA) is 64.3 Å². The van der Waals surface area contributed by atoms with Crippen LogP contribution in [0.15, 0.2) is 12.1 Å². The van der Waals surface area contributed by atoms with E-state index in [1.165, 1.54) is 13.0 Å². The zero-order valence-electron chi connectivity index (χ0n) is 12.0. The molecule has 108 valence electrons. The predicted octanol–water partition coefficient (Wildman–Crippen LogP) is 3.23. The lowest BCUT2D eigenvalue weighted by molar-refractivity contribution is 0.101. The molecule has 4 nitrogen and oxygen atoms in total. The molecule has 0 saturated carbocycles. The average Bonchev–Trinajstić information content (AvgIpc) is 2.40. The third kappa shape index (κ3) is 4.22. The van der Waals surface area contributed by atoms with E-state index in [9.17, 15) is 9.90 Å². The summed E-state index contributed by atoms with van der Waals surface area (Å²) in [5.74, 6) is -0.340. The first-order valence-electron chi connectivity index (χ1n) is 6.53.